The fraction of sp³-hybridized carbons (Fsp3) is 0.211. The minimum absolute atomic E-state index is 0. The summed E-state index contributed by atoms with van der Waals surface area (Å²) in [5.41, 5.74) is 7.39. The molecule has 0 fully saturated rings. The average molecular weight is 822 g/mol. The number of nitrogens with zero attached hydrogens (tertiary/aromatic N) is 1. The molecule has 0 atom stereocenters. The zero-order valence-electron chi connectivity index (χ0n) is 26.3. The van der Waals surface area contributed by atoms with Gasteiger partial charge in [-0.2, -0.15) is 0 Å². The summed E-state index contributed by atoms with van der Waals surface area (Å²) in [6.45, 7) is 7.33. The van der Waals surface area contributed by atoms with Gasteiger partial charge in [0.2, 0.25) is 0 Å². The van der Waals surface area contributed by atoms with Gasteiger partial charge in [-0.3, -0.25) is 4.79 Å². The summed E-state index contributed by atoms with van der Waals surface area (Å²) in [5.74, 6) is 7.63. The zero-order valence-corrected chi connectivity index (χ0v) is 30.8. The van der Waals surface area contributed by atoms with Gasteiger partial charge in [0.25, 0.3) is 0 Å². The molecule has 4 nitrogen and oxygen atoms in total. The molecule has 0 amide bonds. The van der Waals surface area contributed by atoms with Gasteiger partial charge in [-0.15, -0.1) is 17.0 Å². The van der Waals surface area contributed by atoms with Crippen molar-refractivity contribution in [3.63, 3.8) is 0 Å². The number of carbonyl (C=O) groups is 1. The van der Waals surface area contributed by atoms with Crippen LogP contribution in [0.2, 0.25) is 17.3 Å². The Bertz CT molecular complexity index is 1980. The van der Waals surface area contributed by atoms with Crippen molar-refractivity contribution in [3.8, 4) is 22.4 Å². The van der Waals surface area contributed by atoms with Crippen LogP contribution >= 0.6 is 0 Å². The van der Waals surface area contributed by atoms with Crippen molar-refractivity contribution in [1.82, 2.24) is 4.98 Å². The molecule has 0 saturated carbocycles. The topological polar surface area (TPSA) is 63.3 Å². The number of benzene rings is 4. The van der Waals surface area contributed by atoms with E-state index in [0.717, 1.165) is 38.6 Å². The third-order valence-electron chi connectivity index (χ3n) is 7.56. The van der Waals surface area contributed by atoms with E-state index in [1.807, 2.05) is 12.3 Å². The second kappa shape index (κ2) is 13.6. The third-order valence-corrected chi connectivity index (χ3v) is 11.9. The number of aliphatic hydroxyl groups excluding tert-OH is 1. The van der Waals surface area contributed by atoms with Crippen LogP contribution in [-0.4, -0.2) is 29.1 Å². The summed E-state index contributed by atoms with van der Waals surface area (Å²) in [7, 11) is 0. The fourth-order valence-corrected chi connectivity index (χ4v) is 7.87. The van der Waals surface area contributed by atoms with E-state index in [4.69, 9.17) is 14.5 Å². The van der Waals surface area contributed by atoms with Crippen molar-refractivity contribution >= 4 is 56.2 Å². The number of hydrogen-bond acceptors (Lipinski definition) is 4. The van der Waals surface area contributed by atoms with E-state index in [9.17, 15) is 4.79 Å². The van der Waals surface area contributed by atoms with Crippen molar-refractivity contribution in [2.24, 2.45) is 0 Å². The quantitative estimate of drug-likeness (QED) is 0.0815. The SMILES string of the molecule is CC(=O)/C=C(/C)O.CC(C)c1cc(-c2nccc3oc4cc(-c5cc[c]([Ge]([CH3])([CH3])[CH3])cc5)ccc4c23)[c-]c2ccccc12.[Ir]. The first-order chi connectivity index (χ1) is 20.4. The van der Waals surface area contributed by atoms with Gasteiger partial charge < -0.3 is 5.11 Å². The summed E-state index contributed by atoms with van der Waals surface area (Å²) in [4.78, 5) is 14.9. The van der Waals surface area contributed by atoms with E-state index in [2.05, 4.69) is 110 Å². The molecular weight excluding hydrogens is 783 g/mol. The molecule has 0 aliphatic rings. The number of pyridine rings is 1. The van der Waals surface area contributed by atoms with Gasteiger partial charge >= 0.3 is 156 Å². The first kappa shape index (κ1) is 33.4. The van der Waals surface area contributed by atoms with Crippen LogP contribution in [0.15, 0.2) is 101 Å². The van der Waals surface area contributed by atoms with Gasteiger partial charge in [0, 0.05) is 26.2 Å². The second-order valence-corrected chi connectivity index (χ2v) is 23.1. The van der Waals surface area contributed by atoms with Gasteiger partial charge in [-0.1, -0.05) is 37.4 Å². The minimum atomic E-state index is -1.83. The van der Waals surface area contributed by atoms with E-state index in [1.165, 1.54) is 46.4 Å². The number of allylic oxidation sites excluding steroid dienone is 2. The number of furan rings is 1. The Labute approximate surface area is 275 Å². The Hall–Kier alpha value is -3.51. The molecule has 0 spiro atoms. The first-order valence-electron chi connectivity index (χ1n) is 14.7. The number of ketones is 1. The molecule has 2 heterocycles. The number of rotatable bonds is 5. The van der Waals surface area contributed by atoms with Crippen LogP contribution in [0.3, 0.4) is 0 Å². The van der Waals surface area contributed by atoms with Crippen LogP contribution in [0, 0.1) is 6.07 Å². The number of carbonyl (C=O) groups excluding carboxylic acids is 1. The molecule has 0 aliphatic carbocycles. The molecule has 0 saturated heterocycles. The molecule has 1 N–H and O–H groups in total. The number of aromatic nitrogens is 1. The van der Waals surface area contributed by atoms with Crippen molar-refractivity contribution in [1.29, 1.82) is 0 Å². The van der Waals surface area contributed by atoms with Crippen LogP contribution in [0.4, 0.5) is 0 Å². The van der Waals surface area contributed by atoms with E-state index in [1.54, 1.807) is 0 Å². The molecule has 227 valence electrons. The van der Waals surface area contributed by atoms with E-state index >= 15 is 0 Å². The Balaban J connectivity index is 0.000000497. The fourth-order valence-electron chi connectivity index (χ4n) is 5.43. The number of hydrogen-bond donors (Lipinski definition) is 1. The van der Waals surface area contributed by atoms with Crippen molar-refractivity contribution in [3.05, 3.63) is 109 Å². The molecule has 6 aromatic rings. The van der Waals surface area contributed by atoms with Gasteiger partial charge in [0.05, 0.1) is 5.76 Å². The summed E-state index contributed by atoms with van der Waals surface area (Å²) in [5, 5.41) is 12.9. The molecular formula is C38H38GeIrNO3-. The average Bonchev–Trinajstić information content (AvgIpc) is 3.34. The Kier molecular flexibility index (Phi) is 10.4. The van der Waals surface area contributed by atoms with E-state index in [-0.39, 0.29) is 31.6 Å². The van der Waals surface area contributed by atoms with Crippen LogP contribution in [0.5, 0.6) is 0 Å². The van der Waals surface area contributed by atoms with E-state index in [0.29, 0.717) is 5.92 Å². The van der Waals surface area contributed by atoms with Gasteiger partial charge in [-0.05, 0) is 19.8 Å². The van der Waals surface area contributed by atoms with Crippen LogP contribution < -0.4 is 4.40 Å². The van der Waals surface area contributed by atoms with Gasteiger partial charge in [0.15, 0.2) is 5.78 Å². The van der Waals surface area contributed by atoms with Crippen LogP contribution in [0.25, 0.3) is 55.1 Å². The summed E-state index contributed by atoms with van der Waals surface area (Å²) in [6, 6.07) is 32.0. The van der Waals surface area contributed by atoms with Gasteiger partial charge in [-0.25, -0.2) is 0 Å². The Morgan fingerprint density at radius 2 is 1.57 bits per heavy atom. The van der Waals surface area contributed by atoms with Gasteiger partial charge in [0.1, 0.15) is 0 Å². The molecule has 0 aliphatic heterocycles. The molecule has 4 aromatic carbocycles. The van der Waals surface area contributed by atoms with Crippen molar-refractivity contribution in [2.75, 3.05) is 0 Å². The molecule has 44 heavy (non-hydrogen) atoms. The predicted molar refractivity (Wildman–Crippen MR) is 183 cm³/mol. The summed E-state index contributed by atoms with van der Waals surface area (Å²) in [6.07, 6.45) is 3.01. The normalized spacial score (nSPS) is 11.9. The monoisotopic (exact) mass is 823 g/mol. The number of fused-ring (bicyclic) bond motifs is 4. The molecule has 1 radical (unpaired) electrons. The smallest absolute Gasteiger partial charge is 0.118 e. The maximum absolute atomic E-state index is 10.0. The third kappa shape index (κ3) is 7.23. The van der Waals surface area contributed by atoms with Crippen LogP contribution in [-0.2, 0) is 24.9 Å². The first-order valence-corrected chi connectivity index (χ1v) is 22.0. The van der Waals surface area contributed by atoms with Crippen molar-refractivity contribution < 1.29 is 34.4 Å². The second-order valence-electron chi connectivity index (χ2n) is 12.4. The molecule has 6 heteroatoms. The van der Waals surface area contributed by atoms with Crippen molar-refractivity contribution in [2.45, 2.75) is 50.9 Å². The number of aliphatic hydroxyl groups is 1. The minimum Gasteiger partial charge on any atom is -0.118 e. The zero-order chi connectivity index (χ0) is 30.9. The summed E-state index contributed by atoms with van der Waals surface area (Å²) < 4.78 is 7.90. The summed E-state index contributed by atoms with van der Waals surface area (Å²) >= 11 is -1.83. The van der Waals surface area contributed by atoms with Crippen LogP contribution in [0.1, 0.15) is 39.2 Å². The molecule has 0 unspecified atom stereocenters. The maximum atomic E-state index is 10.0. The Morgan fingerprint density at radius 1 is 0.886 bits per heavy atom. The standard InChI is InChI=1S/C33H30GeNO.C5H8O2.Ir/c1-21(2)29-19-25(18-24-8-6-7-9-27(24)29)33-32-28-15-12-23(20-31(28)36-30(32)16-17-35-33)22-10-13-26(14-11-22)34(3,4)5;1-4(6)3-5(2)7;/h6-17,19-21H,1-5H3;3,6H,1-2H3;/q-1;;/b;4-3-;. The predicted octanol–water partition coefficient (Wildman–Crippen LogP) is 9.97. The van der Waals surface area contributed by atoms with E-state index < -0.39 is 13.3 Å². The molecule has 6 rings (SSSR count). The Morgan fingerprint density at radius 3 is 2.18 bits per heavy atom. The molecule has 0 bridgehead atoms. The molecule has 2 aromatic heterocycles.